The molecule has 2 saturated heterocycles. The molecule has 2 aliphatic heterocycles. The number of halogens is 1. The number of furan rings is 1. The Kier molecular flexibility index (Phi) is 7.15. The first-order valence-electron chi connectivity index (χ1n) is 10.9. The summed E-state index contributed by atoms with van der Waals surface area (Å²) in [4.78, 5) is 20.0. The number of rotatable bonds is 6. The van der Waals surface area contributed by atoms with Gasteiger partial charge in [0.2, 0.25) is 5.76 Å². The fourth-order valence-corrected chi connectivity index (χ4v) is 4.77. The summed E-state index contributed by atoms with van der Waals surface area (Å²) in [6.45, 7) is 7.18. The van der Waals surface area contributed by atoms with Crippen LogP contribution in [0.3, 0.4) is 0 Å². The standard InChI is InChI=1S/C23H28BrN5O2/c24-8-11-27-12-14-28(15-13-27)18-4-6-20(21(16-18)29-9-2-1-3-10-29)26-23(30)22-7-5-19(17-25)31-22/h4-7,16H,1-3,8-15H2,(H,26,30). The van der Waals surface area contributed by atoms with Gasteiger partial charge >= 0.3 is 0 Å². The van der Waals surface area contributed by atoms with Crippen molar-refractivity contribution in [3.63, 3.8) is 0 Å². The number of carbonyl (C=O) groups is 1. The van der Waals surface area contributed by atoms with E-state index in [0.29, 0.717) is 0 Å². The van der Waals surface area contributed by atoms with E-state index < -0.39 is 0 Å². The number of hydrogen-bond acceptors (Lipinski definition) is 6. The lowest BCUT2D eigenvalue weighted by Crippen LogP contribution is -2.47. The number of carbonyl (C=O) groups excluding carboxylic acids is 1. The molecule has 0 saturated carbocycles. The monoisotopic (exact) mass is 485 g/mol. The second kappa shape index (κ2) is 10.2. The molecule has 8 heteroatoms. The zero-order valence-corrected chi connectivity index (χ0v) is 19.2. The van der Waals surface area contributed by atoms with E-state index in [2.05, 4.69) is 48.1 Å². The highest BCUT2D eigenvalue weighted by Crippen LogP contribution is 2.33. The van der Waals surface area contributed by atoms with Crippen LogP contribution in [0.2, 0.25) is 0 Å². The molecule has 0 atom stereocenters. The molecular weight excluding hydrogens is 458 g/mol. The largest absolute Gasteiger partial charge is 0.440 e. The Balaban J connectivity index is 1.55. The normalized spacial score (nSPS) is 17.4. The van der Waals surface area contributed by atoms with Gasteiger partial charge in [-0.2, -0.15) is 5.26 Å². The maximum atomic E-state index is 12.7. The number of benzene rings is 1. The molecule has 1 amide bonds. The van der Waals surface area contributed by atoms with Gasteiger partial charge in [-0.1, -0.05) is 15.9 Å². The van der Waals surface area contributed by atoms with Crippen LogP contribution in [0.25, 0.3) is 0 Å². The van der Waals surface area contributed by atoms with Crippen LogP contribution in [0.5, 0.6) is 0 Å². The first kappa shape index (κ1) is 21.7. The van der Waals surface area contributed by atoms with E-state index in [1.165, 1.54) is 24.2 Å². The number of nitrogens with one attached hydrogen (secondary N) is 1. The van der Waals surface area contributed by atoms with Crippen LogP contribution < -0.4 is 15.1 Å². The molecule has 2 aromatic rings. The fraction of sp³-hybridized carbons (Fsp3) is 0.478. The van der Waals surface area contributed by atoms with Gasteiger partial charge in [-0.15, -0.1) is 0 Å². The van der Waals surface area contributed by atoms with Gasteiger partial charge in [-0.25, -0.2) is 0 Å². The van der Waals surface area contributed by atoms with Gasteiger partial charge in [-0.05, 0) is 49.6 Å². The van der Waals surface area contributed by atoms with Crippen LogP contribution in [0.4, 0.5) is 17.1 Å². The van der Waals surface area contributed by atoms with E-state index in [1.807, 2.05) is 12.1 Å². The Morgan fingerprint density at radius 2 is 1.81 bits per heavy atom. The second-order valence-electron chi connectivity index (χ2n) is 8.00. The average molecular weight is 486 g/mol. The van der Waals surface area contributed by atoms with Crippen LogP contribution in [-0.4, -0.2) is 62.0 Å². The smallest absolute Gasteiger partial charge is 0.291 e. The molecule has 0 radical (unpaired) electrons. The molecule has 2 aliphatic rings. The highest BCUT2D eigenvalue weighted by atomic mass is 79.9. The number of amides is 1. The van der Waals surface area contributed by atoms with Crippen molar-refractivity contribution in [2.24, 2.45) is 0 Å². The summed E-state index contributed by atoms with van der Waals surface area (Å²) in [6.07, 6.45) is 3.57. The molecule has 4 rings (SSSR count). The molecule has 1 N–H and O–H groups in total. The summed E-state index contributed by atoms with van der Waals surface area (Å²) >= 11 is 3.53. The first-order chi connectivity index (χ1) is 15.2. The lowest BCUT2D eigenvalue weighted by Gasteiger charge is -2.37. The van der Waals surface area contributed by atoms with Crippen LogP contribution in [0, 0.1) is 11.3 Å². The molecule has 1 aromatic heterocycles. The molecule has 1 aromatic carbocycles. The highest BCUT2D eigenvalue weighted by molar-refractivity contribution is 9.09. The average Bonchev–Trinajstić information content (AvgIpc) is 3.30. The van der Waals surface area contributed by atoms with E-state index in [1.54, 1.807) is 0 Å². The number of nitrogens with zero attached hydrogens (tertiary/aromatic N) is 4. The minimum absolute atomic E-state index is 0.135. The summed E-state index contributed by atoms with van der Waals surface area (Å²) in [6, 6.07) is 11.3. The number of piperidine rings is 1. The molecule has 0 spiro atoms. The summed E-state index contributed by atoms with van der Waals surface area (Å²) in [7, 11) is 0. The summed E-state index contributed by atoms with van der Waals surface area (Å²) in [5, 5.41) is 13.0. The molecular formula is C23H28BrN5O2. The molecule has 0 bridgehead atoms. The number of nitriles is 1. The summed E-state index contributed by atoms with van der Waals surface area (Å²) in [5.74, 6) is -0.0557. The third kappa shape index (κ3) is 5.23. The van der Waals surface area contributed by atoms with Crippen LogP contribution >= 0.6 is 15.9 Å². The Morgan fingerprint density at radius 3 is 2.48 bits per heavy atom. The van der Waals surface area contributed by atoms with Crippen molar-refractivity contribution in [1.29, 1.82) is 5.26 Å². The van der Waals surface area contributed by atoms with Crippen LogP contribution in [-0.2, 0) is 0 Å². The van der Waals surface area contributed by atoms with E-state index in [0.717, 1.165) is 75.4 Å². The Morgan fingerprint density at radius 1 is 1.03 bits per heavy atom. The van der Waals surface area contributed by atoms with Crippen molar-refractivity contribution in [3.8, 4) is 6.07 Å². The SMILES string of the molecule is N#Cc1ccc(C(=O)Nc2ccc(N3CCN(CCBr)CC3)cc2N2CCCCC2)o1. The van der Waals surface area contributed by atoms with Crippen LogP contribution in [0.1, 0.15) is 35.6 Å². The van der Waals surface area contributed by atoms with Gasteiger partial charge in [0, 0.05) is 56.8 Å². The van der Waals surface area contributed by atoms with Gasteiger partial charge in [-0.3, -0.25) is 9.69 Å². The second-order valence-corrected chi connectivity index (χ2v) is 8.79. The van der Waals surface area contributed by atoms with Crippen molar-refractivity contribution in [3.05, 3.63) is 41.9 Å². The van der Waals surface area contributed by atoms with E-state index in [9.17, 15) is 4.79 Å². The minimum Gasteiger partial charge on any atom is -0.440 e. The summed E-state index contributed by atoms with van der Waals surface area (Å²) in [5.41, 5.74) is 3.03. The predicted molar refractivity (Wildman–Crippen MR) is 126 cm³/mol. The molecule has 2 fully saturated rings. The number of anilines is 3. The Hall–Kier alpha value is -2.50. The van der Waals surface area contributed by atoms with Gasteiger partial charge in [0.15, 0.2) is 5.76 Å². The number of alkyl halides is 1. The number of hydrogen-bond donors (Lipinski definition) is 1. The molecule has 7 nitrogen and oxygen atoms in total. The first-order valence-corrected chi connectivity index (χ1v) is 12.0. The van der Waals surface area contributed by atoms with E-state index in [4.69, 9.17) is 9.68 Å². The van der Waals surface area contributed by atoms with Gasteiger partial charge in [0.25, 0.3) is 5.91 Å². The minimum atomic E-state index is -0.337. The maximum absolute atomic E-state index is 12.7. The zero-order chi connectivity index (χ0) is 21.6. The fourth-order valence-electron chi connectivity index (χ4n) is 4.27. The summed E-state index contributed by atoms with van der Waals surface area (Å²) < 4.78 is 5.30. The maximum Gasteiger partial charge on any atom is 0.291 e. The van der Waals surface area contributed by atoms with Gasteiger partial charge in [0.1, 0.15) is 6.07 Å². The van der Waals surface area contributed by atoms with E-state index in [-0.39, 0.29) is 17.4 Å². The molecule has 3 heterocycles. The highest BCUT2D eigenvalue weighted by Gasteiger charge is 2.22. The molecule has 31 heavy (non-hydrogen) atoms. The molecule has 164 valence electrons. The van der Waals surface area contributed by atoms with Gasteiger partial charge < -0.3 is 19.5 Å². The third-order valence-corrected chi connectivity index (χ3v) is 6.36. The lowest BCUT2D eigenvalue weighted by molar-refractivity contribution is 0.0996. The zero-order valence-electron chi connectivity index (χ0n) is 17.6. The van der Waals surface area contributed by atoms with E-state index >= 15 is 0 Å². The van der Waals surface area contributed by atoms with Crippen LogP contribution in [0.15, 0.2) is 34.7 Å². The molecule has 0 unspecified atom stereocenters. The Labute approximate surface area is 191 Å². The van der Waals surface area contributed by atoms with Gasteiger partial charge in [0.05, 0.1) is 11.4 Å². The topological polar surface area (TPSA) is 75.8 Å². The lowest BCUT2D eigenvalue weighted by atomic mass is 10.1. The van der Waals surface area contributed by atoms with Crippen molar-refractivity contribution >= 4 is 38.9 Å². The van der Waals surface area contributed by atoms with Crippen molar-refractivity contribution in [2.45, 2.75) is 19.3 Å². The predicted octanol–water partition coefficient (Wildman–Crippen LogP) is 3.91. The third-order valence-electron chi connectivity index (χ3n) is 6.00. The Bertz CT molecular complexity index is 940. The van der Waals surface area contributed by atoms with Crippen molar-refractivity contribution < 1.29 is 9.21 Å². The molecule has 0 aliphatic carbocycles. The van der Waals surface area contributed by atoms with Crippen molar-refractivity contribution in [1.82, 2.24) is 4.90 Å². The quantitative estimate of drug-likeness (QED) is 0.625. The van der Waals surface area contributed by atoms with Crippen molar-refractivity contribution in [2.75, 3.05) is 66.3 Å². The number of piperazine rings is 1.